The van der Waals surface area contributed by atoms with Crippen molar-refractivity contribution in [3.8, 4) is 6.07 Å². The van der Waals surface area contributed by atoms with Crippen molar-refractivity contribution in [2.24, 2.45) is 5.92 Å². The summed E-state index contributed by atoms with van der Waals surface area (Å²) in [6.45, 7) is 4.21. The molecule has 2 nitrogen and oxygen atoms in total. The summed E-state index contributed by atoms with van der Waals surface area (Å²) in [6.07, 6.45) is 1.70. The van der Waals surface area contributed by atoms with E-state index in [4.69, 9.17) is 0 Å². The third-order valence-electron chi connectivity index (χ3n) is 0.898. The molecule has 0 heterocycles. The average molecular weight is 113 g/mol. The summed E-state index contributed by atoms with van der Waals surface area (Å²) in [4.78, 5) is 0. The van der Waals surface area contributed by atoms with E-state index in [2.05, 4.69) is 24.9 Å². The third-order valence-corrected chi connectivity index (χ3v) is 0.898. The summed E-state index contributed by atoms with van der Waals surface area (Å²) in [5, 5.41) is 11.9. The Labute approximate surface area is 49.9 Å². The predicted octanol–water partition coefficient (Wildman–Crippen LogP) is 2.25. The molecule has 0 aromatic heterocycles. The van der Waals surface area contributed by atoms with Crippen molar-refractivity contribution >= 4 is 0 Å². The van der Waals surface area contributed by atoms with Gasteiger partial charge in [-0.1, -0.05) is 13.8 Å². The number of hydrogen-bond donors (Lipinski definition) is 0. The van der Waals surface area contributed by atoms with Gasteiger partial charge < -0.3 is 5.21 Å². The first-order valence-electron chi connectivity index (χ1n) is 2.82. The van der Waals surface area contributed by atoms with Crippen molar-refractivity contribution in [1.82, 2.24) is 0 Å². The van der Waals surface area contributed by atoms with Crippen LogP contribution in [0.4, 0.5) is 0 Å². The van der Waals surface area contributed by atoms with Gasteiger partial charge in [0.05, 0.1) is 6.42 Å². The molecule has 0 aromatic carbocycles. The summed E-state index contributed by atoms with van der Waals surface area (Å²) in [6, 6.07) is 2.35. The SMILES string of the molecule is CC(C)CCC#[N+][O-]. The highest BCUT2D eigenvalue weighted by molar-refractivity contribution is 4.86. The average Bonchev–Trinajstić information content (AvgIpc) is 1.66. The van der Waals surface area contributed by atoms with Crippen molar-refractivity contribution < 1.29 is 0 Å². The molecule has 0 radical (unpaired) electrons. The van der Waals surface area contributed by atoms with E-state index >= 15 is 0 Å². The van der Waals surface area contributed by atoms with Gasteiger partial charge in [-0.2, -0.15) is 0 Å². The molecular weight excluding hydrogens is 102 g/mol. The van der Waals surface area contributed by atoms with Crippen LogP contribution < -0.4 is 0 Å². The van der Waals surface area contributed by atoms with Crippen LogP contribution in [0, 0.1) is 17.2 Å². The van der Waals surface area contributed by atoms with Crippen LogP contribution in [0.3, 0.4) is 0 Å². The standard InChI is InChI=1S/C6H11NO/c1-6(2)4-3-5-7-8/h6H,3-4H2,1-2H3. The fourth-order valence-corrected chi connectivity index (χ4v) is 0.399. The van der Waals surface area contributed by atoms with E-state index < -0.39 is 0 Å². The third kappa shape index (κ3) is 5.29. The number of hydrogen-bond acceptors (Lipinski definition) is 1. The topological polar surface area (TPSA) is 27.4 Å². The molecule has 0 atom stereocenters. The Hall–Kier alpha value is -0.710. The van der Waals surface area contributed by atoms with Crippen molar-refractivity contribution in [3.63, 3.8) is 0 Å². The van der Waals surface area contributed by atoms with Gasteiger partial charge in [-0.3, -0.25) is 0 Å². The van der Waals surface area contributed by atoms with Crippen molar-refractivity contribution in [2.75, 3.05) is 0 Å². The lowest BCUT2D eigenvalue weighted by Crippen LogP contribution is -1.83. The molecule has 0 N–H and O–H groups in total. The second kappa shape index (κ2) is 4.45. The van der Waals surface area contributed by atoms with Crippen molar-refractivity contribution in [3.05, 3.63) is 10.2 Å². The second-order valence-electron chi connectivity index (χ2n) is 2.18. The Morgan fingerprint density at radius 1 is 1.62 bits per heavy atom. The minimum Gasteiger partial charge on any atom is -0.498 e. The highest BCUT2D eigenvalue weighted by atomic mass is 16.4. The van der Waals surface area contributed by atoms with E-state index in [1.54, 1.807) is 0 Å². The molecular formula is C6H11NO. The van der Waals surface area contributed by atoms with Crippen molar-refractivity contribution in [1.29, 1.82) is 0 Å². The minimum absolute atomic E-state index is 0.643. The van der Waals surface area contributed by atoms with Crippen LogP contribution >= 0.6 is 0 Å². The monoisotopic (exact) mass is 113 g/mol. The highest BCUT2D eigenvalue weighted by Gasteiger charge is 1.92. The molecule has 46 valence electrons. The maximum Gasteiger partial charge on any atom is 0.298 e. The molecule has 0 amide bonds. The molecule has 0 aliphatic heterocycles. The van der Waals surface area contributed by atoms with Gasteiger partial charge in [0.15, 0.2) is 0 Å². The predicted molar refractivity (Wildman–Crippen MR) is 34.7 cm³/mol. The highest BCUT2D eigenvalue weighted by Crippen LogP contribution is 2.01. The zero-order chi connectivity index (χ0) is 6.41. The van der Waals surface area contributed by atoms with E-state index in [0.29, 0.717) is 12.3 Å². The molecule has 8 heavy (non-hydrogen) atoms. The van der Waals surface area contributed by atoms with E-state index in [1.807, 2.05) is 0 Å². The van der Waals surface area contributed by atoms with Crippen LogP contribution in [-0.4, -0.2) is 0 Å². The Kier molecular flexibility index (Phi) is 4.05. The quantitative estimate of drug-likeness (QED) is 0.504. The Bertz CT molecular complexity index is 98.8. The molecule has 0 fully saturated rings. The Morgan fingerprint density at radius 2 is 2.25 bits per heavy atom. The normalized spacial score (nSPS) is 8.38. The number of nitrogens with zero attached hydrogens (tertiary/aromatic N) is 1. The van der Waals surface area contributed by atoms with Crippen LogP contribution in [0.1, 0.15) is 26.7 Å². The molecule has 0 aliphatic carbocycles. The molecule has 0 aromatic rings. The smallest absolute Gasteiger partial charge is 0.298 e. The minimum atomic E-state index is 0.643. The summed E-state index contributed by atoms with van der Waals surface area (Å²) >= 11 is 0. The van der Waals surface area contributed by atoms with Gasteiger partial charge in [0.25, 0.3) is 6.07 Å². The lowest BCUT2D eigenvalue weighted by Gasteiger charge is -1.93. The zero-order valence-corrected chi connectivity index (χ0v) is 5.35. The summed E-state index contributed by atoms with van der Waals surface area (Å²) in [5.74, 6) is 0.643. The van der Waals surface area contributed by atoms with Gasteiger partial charge in [0, 0.05) is 5.01 Å². The molecule has 0 unspecified atom stereocenters. The molecule has 2 heteroatoms. The first-order valence-corrected chi connectivity index (χ1v) is 2.82. The summed E-state index contributed by atoms with van der Waals surface area (Å²) < 4.78 is 0. The fraction of sp³-hybridized carbons (Fsp3) is 0.833. The first kappa shape index (κ1) is 7.29. The fourth-order valence-electron chi connectivity index (χ4n) is 0.399. The van der Waals surface area contributed by atoms with Gasteiger partial charge in [0.2, 0.25) is 0 Å². The molecule has 0 saturated heterocycles. The summed E-state index contributed by atoms with van der Waals surface area (Å²) in [7, 11) is 0. The lowest BCUT2D eigenvalue weighted by atomic mass is 10.1. The van der Waals surface area contributed by atoms with Gasteiger partial charge in [-0.05, 0) is 12.3 Å². The van der Waals surface area contributed by atoms with Gasteiger partial charge in [-0.15, -0.1) is 0 Å². The summed E-state index contributed by atoms with van der Waals surface area (Å²) in [5.41, 5.74) is 0. The number of rotatable bonds is 2. The molecule has 0 aliphatic rings. The van der Waals surface area contributed by atoms with Crippen LogP contribution in [0.2, 0.25) is 0 Å². The second-order valence-corrected chi connectivity index (χ2v) is 2.18. The molecule has 0 saturated carbocycles. The van der Waals surface area contributed by atoms with Gasteiger partial charge in [0.1, 0.15) is 0 Å². The van der Waals surface area contributed by atoms with E-state index in [0.717, 1.165) is 6.42 Å². The maximum absolute atomic E-state index is 9.43. The van der Waals surface area contributed by atoms with Gasteiger partial charge >= 0.3 is 0 Å². The Morgan fingerprint density at radius 3 is 2.62 bits per heavy atom. The van der Waals surface area contributed by atoms with Crippen LogP contribution in [-0.2, 0) is 0 Å². The maximum atomic E-state index is 9.43. The van der Waals surface area contributed by atoms with Crippen LogP contribution in [0.5, 0.6) is 0 Å². The van der Waals surface area contributed by atoms with Crippen LogP contribution in [0.15, 0.2) is 0 Å². The van der Waals surface area contributed by atoms with Crippen LogP contribution in [0.25, 0.3) is 5.01 Å². The van der Waals surface area contributed by atoms with E-state index in [9.17, 15) is 5.21 Å². The molecule has 0 rings (SSSR count). The molecule has 0 bridgehead atoms. The first-order chi connectivity index (χ1) is 3.77. The van der Waals surface area contributed by atoms with Crippen molar-refractivity contribution in [2.45, 2.75) is 26.7 Å². The van der Waals surface area contributed by atoms with E-state index in [-0.39, 0.29) is 0 Å². The van der Waals surface area contributed by atoms with E-state index in [1.165, 1.54) is 0 Å². The van der Waals surface area contributed by atoms with Gasteiger partial charge in [-0.25, -0.2) is 0 Å². The molecule has 0 spiro atoms. The lowest BCUT2D eigenvalue weighted by molar-refractivity contribution is 0.599. The zero-order valence-electron chi connectivity index (χ0n) is 5.35. The largest absolute Gasteiger partial charge is 0.498 e. The Balaban J connectivity index is 3.01.